The zero-order valence-corrected chi connectivity index (χ0v) is 15.3. The fourth-order valence-corrected chi connectivity index (χ4v) is 3.50. The van der Waals surface area contributed by atoms with Gasteiger partial charge in [0.1, 0.15) is 0 Å². The number of carbonyl (C=O) groups is 3. The first-order chi connectivity index (χ1) is 12.0. The molecule has 0 aliphatic carbocycles. The molecule has 0 unspecified atom stereocenters. The van der Waals surface area contributed by atoms with Crippen LogP contribution in [-0.2, 0) is 14.4 Å². The van der Waals surface area contributed by atoms with Crippen LogP contribution in [0.2, 0.25) is 5.02 Å². The van der Waals surface area contributed by atoms with Crippen molar-refractivity contribution in [3.8, 4) is 0 Å². The van der Waals surface area contributed by atoms with Gasteiger partial charge in [-0.2, -0.15) is 0 Å². The zero-order chi connectivity index (χ0) is 18.4. The van der Waals surface area contributed by atoms with Gasteiger partial charge in [-0.3, -0.25) is 14.4 Å². The van der Waals surface area contributed by atoms with Crippen molar-refractivity contribution in [1.82, 2.24) is 15.5 Å². The molecular weight excluding hydrogens is 342 g/mol. The van der Waals surface area contributed by atoms with Crippen LogP contribution in [0.1, 0.15) is 38.3 Å². The molecule has 0 aromatic heterocycles. The first-order valence-corrected chi connectivity index (χ1v) is 8.89. The van der Waals surface area contributed by atoms with Crippen LogP contribution in [0.3, 0.4) is 0 Å². The Morgan fingerprint density at radius 1 is 1.24 bits per heavy atom. The fourth-order valence-electron chi connectivity index (χ4n) is 3.26. The molecule has 0 radical (unpaired) electrons. The third-order valence-electron chi connectivity index (χ3n) is 4.41. The van der Waals surface area contributed by atoms with E-state index in [0.717, 1.165) is 5.56 Å². The molecule has 1 fully saturated rings. The average molecular weight is 366 g/mol. The van der Waals surface area contributed by atoms with Gasteiger partial charge >= 0.3 is 0 Å². The second-order valence-corrected chi connectivity index (χ2v) is 6.47. The van der Waals surface area contributed by atoms with Crippen molar-refractivity contribution in [3.63, 3.8) is 0 Å². The Morgan fingerprint density at radius 3 is 2.56 bits per heavy atom. The zero-order valence-electron chi connectivity index (χ0n) is 14.5. The molecule has 1 aliphatic rings. The van der Waals surface area contributed by atoms with E-state index in [4.69, 9.17) is 11.6 Å². The number of nitrogens with one attached hydrogen (secondary N) is 2. The number of hydrogen-bond donors (Lipinski definition) is 2. The third kappa shape index (κ3) is 4.72. The quantitative estimate of drug-likeness (QED) is 0.756. The van der Waals surface area contributed by atoms with Crippen LogP contribution in [0.5, 0.6) is 0 Å². The third-order valence-corrected chi connectivity index (χ3v) is 4.75. The first kappa shape index (κ1) is 19.2. The molecular formula is C18H24ClN3O3. The van der Waals surface area contributed by atoms with Crippen molar-refractivity contribution in [2.45, 2.75) is 32.7 Å². The summed E-state index contributed by atoms with van der Waals surface area (Å²) in [6.45, 7) is 4.58. The molecule has 6 nitrogen and oxygen atoms in total. The summed E-state index contributed by atoms with van der Waals surface area (Å²) in [7, 11) is 0. The van der Waals surface area contributed by atoms with E-state index < -0.39 is 0 Å². The molecule has 1 saturated heterocycles. The maximum atomic E-state index is 12.7. The molecule has 2 rings (SSSR count). The number of likely N-dealkylation sites (tertiary alicyclic amines) is 1. The first-order valence-electron chi connectivity index (χ1n) is 8.51. The minimum Gasteiger partial charge on any atom is -0.355 e. The number of carbonyl (C=O) groups excluding carboxylic acids is 3. The second-order valence-electron chi connectivity index (χ2n) is 6.07. The molecule has 0 spiro atoms. The Morgan fingerprint density at radius 2 is 1.92 bits per heavy atom. The maximum absolute atomic E-state index is 12.7. The van der Waals surface area contributed by atoms with Gasteiger partial charge in [0.2, 0.25) is 17.7 Å². The summed E-state index contributed by atoms with van der Waals surface area (Å²) in [6.07, 6.45) is 0.829. The number of halogens is 1. The van der Waals surface area contributed by atoms with Gasteiger partial charge in [0.05, 0.1) is 12.0 Å². The highest BCUT2D eigenvalue weighted by Gasteiger charge is 2.40. The molecule has 3 amide bonds. The van der Waals surface area contributed by atoms with Crippen LogP contribution in [0, 0.1) is 5.92 Å². The summed E-state index contributed by atoms with van der Waals surface area (Å²) in [4.78, 5) is 37.7. The molecule has 1 heterocycles. The fraction of sp³-hybridized carbons (Fsp3) is 0.500. The van der Waals surface area contributed by atoms with E-state index in [-0.39, 0.29) is 29.7 Å². The van der Waals surface area contributed by atoms with E-state index in [1.54, 1.807) is 11.0 Å². The average Bonchev–Trinajstić information content (AvgIpc) is 2.58. The lowest BCUT2D eigenvalue weighted by molar-refractivity contribution is -0.143. The number of piperidine rings is 1. The number of amides is 3. The standard InChI is InChI=1S/C18H24ClN3O3/c1-3-22-16(24)9-8-14(18(25)21-11-10-20-12(2)23)17(22)13-6-4-5-7-15(13)19/h4-7,14,17H,3,8-11H2,1-2H3,(H,20,23)(H,21,25)/t14-,17+/m1/s1. The van der Waals surface area contributed by atoms with Gasteiger partial charge in [0.25, 0.3) is 0 Å². The summed E-state index contributed by atoms with van der Waals surface area (Å²) in [5.74, 6) is -0.588. The Labute approximate surface area is 152 Å². The molecule has 0 saturated carbocycles. The monoisotopic (exact) mass is 365 g/mol. The summed E-state index contributed by atoms with van der Waals surface area (Å²) in [5.41, 5.74) is 0.793. The van der Waals surface area contributed by atoms with Crippen molar-refractivity contribution < 1.29 is 14.4 Å². The van der Waals surface area contributed by atoms with Crippen molar-refractivity contribution in [3.05, 3.63) is 34.9 Å². The summed E-state index contributed by atoms with van der Waals surface area (Å²) >= 11 is 6.34. The maximum Gasteiger partial charge on any atom is 0.225 e. The predicted molar refractivity (Wildman–Crippen MR) is 96.0 cm³/mol. The lowest BCUT2D eigenvalue weighted by atomic mass is 9.83. The van der Waals surface area contributed by atoms with Crippen LogP contribution in [0.4, 0.5) is 0 Å². The minimum atomic E-state index is -0.374. The Balaban J connectivity index is 2.19. The second kappa shape index (κ2) is 8.85. The molecule has 2 N–H and O–H groups in total. The lowest BCUT2D eigenvalue weighted by Crippen LogP contribution is -2.48. The van der Waals surface area contributed by atoms with Gasteiger partial charge in [-0.05, 0) is 25.0 Å². The Bertz CT molecular complexity index is 650. The van der Waals surface area contributed by atoms with Gasteiger partial charge in [0.15, 0.2) is 0 Å². The smallest absolute Gasteiger partial charge is 0.225 e. The van der Waals surface area contributed by atoms with E-state index in [0.29, 0.717) is 37.5 Å². The van der Waals surface area contributed by atoms with Gasteiger partial charge in [-0.1, -0.05) is 29.8 Å². The molecule has 1 aromatic rings. The van der Waals surface area contributed by atoms with Gasteiger partial charge in [0, 0.05) is 38.0 Å². The highest BCUT2D eigenvalue weighted by atomic mass is 35.5. The highest BCUT2D eigenvalue weighted by Crippen LogP contribution is 2.39. The number of nitrogens with zero attached hydrogens (tertiary/aromatic N) is 1. The van der Waals surface area contributed by atoms with E-state index in [1.165, 1.54) is 6.92 Å². The van der Waals surface area contributed by atoms with E-state index in [9.17, 15) is 14.4 Å². The molecule has 1 aromatic carbocycles. The summed E-state index contributed by atoms with van der Waals surface area (Å²) in [5, 5.41) is 6.05. The van der Waals surface area contributed by atoms with Crippen molar-refractivity contribution in [2.75, 3.05) is 19.6 Å². The van der Waals surface area contributed by atoms with Gasteiger partial charge in [-0.25, -0.2) is 0 Å². The number of benzene rings is 1. The Kier molecular flexibility index (Phi) is 6.82. The molecule has 2 atom stereocenters. The minimum absolute atomic E-state index is 0.0368. The van der Waals surface area contributed by atoms with Crippen LogP contribution in [-0.4, -0.2) is 42.3 Å². The molecule has 0 bridgehead atoms. The Hall–Kier alpha value is -2.08. The predicted octanol–water partition coefficient (Wildman–Crippen LogP) is 1.89. The number of rotatable bonds is 6. The van der Waals surface area contributed by atoms with E-state index in [1.807, 2.05) is 25.1 Å². The van der Waals surface area contributed by atoms with Crippen molar-refractivity contribution in [1.29, 1.82) is 0 Å². The molecule has 7 heteroatoms. The number of hydrogen-bond acceptors (Lipinski definition) is 3. The topological polar surface area (TPSA) is 78.5 Å². The van der Waals surface area contributed by atoms with Crippen molar-refractivity contribution >= 4 is 29.3 Å². The molecule has 1 aliphatic heterocycles. The van der Waals surface area contributed by atoms with Crippen LogP contribution in [0.15, 0.2) is 24.3 Å². The largest absolute Gasteiger partial charge is 0.355 e. The summed E-state index contributed by atoms with van der Waals surface area (Å²) < 4.78 is 0. The van der Waals surface area contributed by atoms with Gasteiger partial charge < -0.3 is 15.5 Å². The molecule has 25 heavy (non-hydrogen) atoms. The lowest BCUT2D eigenvalue weighted by Gasteiger charge is -2.40. The van der Waals surface area contributed by atoms with Crippen LogP contribution < -0.4 is 10.6 Å². The van der Waals surface area contributed by atoms with Gasteiger partial charge in [-0.15, -0.1) is 0 Å². The van der Waals surface area contributed by atoms with E-state index in [2.05, 4.69) is 10.6 Å². The SMILES string of the molecule is CCN1C(=O)CC[C@@H](C(=O)NCCNC(C)=O)[C@@H]1c1ccccc1Cl. The van der Waals surface area contributed by atoms with Crippen molar-refractivity contribution in [2.24, 2.45) is 5.92 Å². The van der Waals surface area contributed by atoms with E-state index >= 15 is 0 Å². The van der Waals surface area contributed by atoms with Crippen LogP contribution in [0.25, 0.3) is 0 Å². The normalized spacial score (nSPS) is 20.3. The van der Waals surface area contributed by atoms with Crippen LogP contribution >= 0.6 is 11.6 Å². The highest BCUT2D eigenvalue weighted by molar-refractivity contribution is 6.31. The summed E-state index contributed by atoms with van der Waals surface area (Å²) in [6, 6.07) is 6.96. The molecule has 136 valence electrons.